The molecule has 1 aliphatic heterocycles. The Morgan fingerprint density at radius 2 is 2.00 bits per heavy atom. The lowest BCUT2D eigenvalue weighted by molar-refractivity contribution is -0.113. The van der Waals surface area contributed by atoms with Gasteiger partial charge in [0.1, 0.15) is 4.38 Å². The molecule has 6 heteroatoms. The van der Waals surface area contributed by atoms with Gasteiger partial charge in [-0.2, -0.15) is 0 Å². The second kappa shape index (κ2) is 8.83. The van der Waals surface area contributed by atoms with Crippen LogP contribution in [0.1, 0.15) is 11.1 Å². The number of aliphatic imine (C=N–C) groups is 1. The van der Waals surface area contributed by atoms with E-state index in [1.807, 2.05) is 24.3 Å². The average Bonchev–Trinajstić information content (AvgIpc) is 3.12. The summed E-state index contributed by atoms with van der Waals surface area (Å²) < 4.78 is 1.02. The van der Waals surface area contributed by atoms with Crippen LogP contribution in [0.4, 0.5) is 5.69 Å². The van der Waals surface area contributed by atoms with Gasteiger partial charge in [0.15, 0.2) is 0 Å². The SMILES string of the molecule is Cc1ccc(C)c(Sc2ccc(NC(=O)CSC3=NCCS3)cc2)c1. The van der Waals surface area contributed by atoms with Crippen molar-refractivity contribution in [3.05, 3.63) is 53.6 Å². The van der Waals surface area contributed by atoms with E-state index >= 15 is 0 Å². The molecule has 25 heavy (non-hydrogen) atoms. The van der Waals surface area contributed by atoms with Crippen molar-refractivity contribution in [3.8, 4) is 0 Å². The molecule has 0 bridgehead atoms. The van der Waals surface area contributed by atoms with E-state index in [1.165, 1.54) is 27.8 Å². The van der Waals surface area contributed by atoms with E-state index in [9.17, 15) is 4.79 Å². The van der Waals surface area contributed by atoms with Gasteiger partial charge >= 0.3 is 0 Å². The lowest BCUT2D eigenvalue weighted by Crippen LogP contribution is -2.14. The highest BCUT2D eigenvalue weighted by Crippen LogP contribution is 2.31. The molecule has 0 saturated heterocycles. The normalized spacial score (nSPS) is 13.6. The highest BCUT2D eigenvalue weighted by atomic mass is 32.2. The molecule has 0 aromatic heterocycles. The maximum absolute atomic E-state index is 12.0. The van der Waals surface area contributed by atoms with Gasteiger partial charge in [0.25, 0.3) is 0 Å². The number of aryl methyl sites for hydroxylation is 2. The van der Waals surface area contributed by atoms with Gasteiger partial charge in [-0.15, -0.1) is 0 Å². The quantitative estimate of drug-likeness (QED) is 0.761. The third-order valence-electron chi connectivity index (χ3n) is 3.59. The smallest absolute Gasteiger partial charge is 0.234 e. The first-order chi connectivity index (χ1) is 12.1. The average molecular weight is 389 g/mol. The summed E-state index contributed by atoms with van der Waals surface area (Å²) in [5.74, 6) is 1.45. The third kappa shape index (κ3) is 5.56. The van der Waals surface area contributed by atoms with E-state index in [4.69, 9.17) is 0 Å². The number of hydrogen-bond donors (Lipinski definition) is 1. The van der Waals surface area contributed by atoms with Crippen LogP contribution in [0.2, 0.25) is 0 Å². The van der Waals surface area contributed by atoms with Gasteiger partial charge in [0, 0.05) is 21.2 Å². The van der Waals surface area contributed by atoms with Crippen molar-refractivity contribution in [3.63, 3.8) is 0 Å². The maximum atomic E-state index is 12.0. The molecule has 130 valence electrons. The molecule has 1 N–H and O–H groups in total. The molecular formula is C19H20N2OS3. The molecule has 1 amide bonds. The number of anilines is 1. The Labute approximate surface area is 161 Å². The lowest BCUT2D eigenvalue weighted by atomic mass is 10.2. The van der Waals surface area contributed by atoms with Crippen LogP contribution in [0.3, 0.4) is 0 Å². The molecular weight excluding hydrogens is 368 g/mol. The van der Waals surface area contributed by atoms with Gasteiger partial charge in [-0.25, -0.2) is 0 Å². The fourth-order valence-electron chi connectivity index (χ4n) is 2.28. The summed E-state index contributed by atoms with van der Waals surface area (Å²) in [7, 11) is 0. The Balaban J connectivity index is 1.54. The van der Waals surface area contributed by atoms with Crippen LogP contribution in [0, 0.1) is 13.8 Å². The summed E-state index contributed by atoms with van der Waals surface area (Å²) in [6.45, 7) is 5.10. The topological polar surface area (TPSA) is 41.5 Å². The standard InChI is InChI=1S/C19H20N2OS3/c1-13-3-4-14(2)17(11-13)25-16-7-5-15(6-8-16)21-18(22)12-24-19-20-9-10-23-19/h3-8,11H,9-10,12H2,1-2H3,(H,21,22). The van der Waals surface area contributed by atoms with Crippen LogP contribution in [-0.4, -0.2) is 28.3 Å². The van der Waals surface area contributed by atoms with Gasteiger partial charge in [-0.1, -0.05) is 47.4 Å². The van der Waals surface area contributed by atoms with E-state index in [0.717, 1.165) is 27.3 Å². The monoisotopic (exact) mass is 388 g/mol. The number of rotatable bonds is 5. The largest absolute Gasteiger partial charge is 0.325 e. The summed E-state index contributed by atoms with van der Waals surface area (Å²) in [6.07, 6.45) is 0. The number of carbonyl (C=O) groups excluding carboxylic acids is 1. The van der Waals surface area contributed by atoms with Crippen molar-refractivity contribution in [2.75, 3.05) is 23.4 Å². The first-order valence-corrected chi connectivity index (χ1v) is 10.8. The molecule has 2 aromatic rings. The minimum absolute atomic E-state index is 0.00938. The van der Waals surface area contributed by atoms with Crippen molar-refractivity contribution in [2.45, 2.75) is 23.6 Å². The van der Waals surface area contributed by atoms with Crippen molar-refractivity contribution >= 4 is 51.3 Å². The molecule has 0 saturated carbocycles. The van der Waals surface area contributed by atoms with Gasteiger partial charge in [-0.05, 0) is 55.3 Å². The van der Waals surface area contributed by atoms with Gasteiger partial charge in [-0.3, -0.25) is 9.79 Å². The zero-order valence-electron chi connectivity index (χ0n) is 14.2. The summed E-state index contributed by atoms with van der Waals surface area (Å²) >= 11 is 4.99. The van der Waals surface area contributed by atoms with Gasteiger partial charge in [0.2, 0.25) is 5.91 Å². The lowest BCUT2D eigenvalue weighted by Gasteiger charge is -2.08. The number of thioether (sulfide) groups is 2. The fraction of sp³-hybridized carbons (Fsp3) is 0.263. The summed E-state index contributed by atoms with van der Waals surface area (Å²) in [5.41, 5.74) is 3.37. The molecule has 0 radical (unpaired) electrons. The van der Waals surface area contributed by atoms with Crippen LogP contribution in [0.25, 0.3) is 0 Å². The Morgan fingerprint density at radius 3 is 2.72 bits per heavy atom. The molecule has 0 unspecified atom stereocenters. The van der Waals surface area contributed by atoms with Crippen LogP contribution in [-0.2, 0) is 4.79 Å². The molecule has 0 aliphatic carbocycles. The molecule has 0 atom stereocenters. The van der Waals surface area contributed by atoms with E-state index in [-0.39, 0.29) is 5.91 Å². The van der Waals surface area contributed by atoms with Crippen LogP contribution < -0.4 is 5.32 Å². The minimum Gasteiger partial charge on any atom is -0.325 e. The van der Waals surface area contributed by atoms with Crippen LogP contribution >= 0.6 is 35.3 Å². The molecule has 1 heterocycles. The van der Waals surface area contributed by atoms with Crippen molar-refractivity contribution < 1.29 is 4.79 Å². The Morgan fingerprint density at radius 1 is 1.20 bits per heavy atom. The number of carbonyl (C=O) groups is 1. The zero-order valence-corrected chi connectivity index (χ0v) is 16.7. The Hall–Kier alpha value is -1.37. The third-order valence-corrected chi connectivity index (χ3v) is 7.01. The minimum atomic E-state index is 0.00938. The van der Waals surface area contributed by atoms with Crippen LogP contribution in [0.15, 0.2) is 57.2 Å². The van der Waals surface area contributed by atoms with Crippen molar-refractivity contribution in [2.24, 2.45) is 4.99 Å². The maximum Gasteiger partial charge on any atom is 0.234 e. The van der Waals surface area contributed by atoms with Crippen molar-refractivity contribution in [1.82, 2.24) is 0 Å². The summed E-state index contributed by atoms with van der Waals surface area (Å²) in [5, 5.41) is 2.94. The Kier molecular flexibility index (Phi) is 6.51. The van der Waals surface area contributed by atoms with E-state index < -0.39 is 0 Å². The molecule has 0 fully saturated rings. The molecule has 2 aromatic carbocycles. The fourth-order valence-corrected chi connectivity index (χ4v) is 5.09. The van der Waals surface area contributed by atoms with Crippen molar-refractivity contribution in [1.29, 1.82) is 0 Å². The first-order valence-electron chi connectivity index (χ1n) is 8.05. The number of hydrogen-bond acceptors (Lipinski definition) is 5. The summed E-state index contributed by atoms with van der Waals surface area (Å²) in [4.78, 5) is 18.8. The van der Waals surface area contributed by atoms with Crippen LogP contribution in [0.5, 0.6) is 0 Å². The number of nitrogens with one attached hydrogen (secondary N) is 1. The van der Waals surface area contributed by atoms with E-state index in [1.54, 1.807) is 23.5 Å². The molecule has 3 nitrogen and oxygen atoms in total. The predicted octanol–water partition coefficient (Wildman–Crippen LogP) is 5.23. The van der Waals surface area contributed by atoms with E-state index in [0.29, 0.717) is 5.75 Å². The highest BCUT2D eigenvalue weighted by Gasteiger charge is 2.10. The number of benzene rings is 2. The second-order valence-electron chi connectivity index (χ2n) is 5.73. The zero-order chi connectivity index (χ0) is 17.6. The molecule has 1 aliphatic rings. The number of amides is 1. The molecule has 0 spiro atoms. The van der Waals surface area contributed by atoms with Gasteiger partial charge in [0.05, 0.1) is 12.3 Å². The van der Waals surface area contributed by atoms with E-state index in [2.05, 4.69) is 42.4 Å². The summed E-state index contributed by atoms with van der Waals surface area (Å²) in [6, 6.07) is 14.5. The second-order valence-corrected chi connectivity index (χ2v) is 9.15. The highest BCUT2D eigenvalue weighted by molar-refractivity contribution is 8.39. The first kappa shape index (κ1) is 18.4. The number of nitrogens with zero attached hydrogens (tertiary/aromatic N) is 1. The molecule has 3 rings (SSSR count). The Bertz CT molecular complexity index is 788. The van der Waals surface area contributed by atoms with Gasteiger partial charge < -0.3 is 5.32 Å². The predicted molar refractivity (Wildman–Crippen MR) is 112 cm³/mol.